The number of nitrogen functional groups attached to an aromatic ring is 1. The average Bonchev–Trinajstić information content (AvgIpc) is 2.68. The van der Waals surface area contributed by atoms with E-state index in [2.05, 4.69) is 29.2 Å². The first-order valence-electron chi connectivity index (χ1n) is 7.49. The predicted molar refractivity (Wildman–Crippen MR) is 82.0 cm³/mol. The van der Waals surface area contributed by atoms with Gasteiger partial charge in [-0.25, -0.2) is 0 Å². The van der Waals surface area contributed by atoms with E-state index in [9.17, 15) is 0 Å². The van der Waals surface area contributed by atoms with Gasteiger partial charge in [-0.3, -0.25) is 9.58 Å². The maximum atomic E-state index is 6.19. The second-order valence-corrected chi connectivity index (χ2v) is 5.54. The second kappa shape index (κ2) is 6.95. The molecule has 0 aliphatic carbocycles. The van der Waals surface area contributed by atoms with Crippen molar-refractivity contribution in [3.63, 3.8) is 0 Å². The van der Waals surface area contributed by atoms with Crippen molar-refractivity contribution in [3.05, 3.63) is 5.69 Å². The summed E-state index contributed by atoms with van der Waals surface area (Å²) in [7, 11) is 1.94. The van der Waals surface area contributed by atoms with Gasteiger partial charge >= 0.3 is 0 Å². The summed E-state index contributed by atoms with van der Waals surface area (Å²) in [6.45, 7) is 9.01. The highest BCUT2D eigenvalue weighted by atomic mass is 16.5. The highest BCUT2D eigenvalue weighted by molar-refractivity contribution is 5.65. The molecule has 1 unspecified atom stereocenters. The number of anilines is 2. The molecule has 3 N–H and O–H groups in total. The molecular formula is C14H27N5O. The van der Waals surface area contributed by atoms with E-state index in [-0.39, 0.29) is 0 Å². The smallest absolute Gasteiger partial charge is 0.148 e. The Morgan fingerprint density at radius 1 is 1.40 bits per heavy atom. The molecule has 114 valence electrons. The molecule has 1 aliphatic rings. The van der Waals surface area contributed by atoms with Gasteiger partial charge in [0.25, 0.3) is 0 Å². The molecule has 1 atom stereocenters. The minimum Gasteiger partial charge on any atom is -0.394 e. The van der Waals surface area contributed by atoms with Crippen LogP contribution in [0.1, 0.15) is 26.0 Å². The zero-order chi connectivity index (χ0) is 14.5. The van der Waals surface area contributed by atoms with E-state index in [0.29, 0.717) is 6.04 Å². The highest BCUT2D eigenvalue weighted by Gasteiger charge is 2.17. The number of hydrogen-bond acceptors (Lipinski definition) is 5. The fourth-order valence-corrected chi connectivity index (χ4v) is 2.64. The fraction of sp³-hybridized carbons (Fsp3) is 0.786. The largest absolute Gasteiger partial charge is 0.394 e. The molecule has 0 amide bonds. The Labute approximate surface area is 121 Å². The molecule has 1 aromatic rings. The van der Waals surface area contributed by atoms with Gasteiger partial charge in [-0.05, 0) is 13.3 Å². The first kappa shape index (κ1) is 15.1. The van der Waals surface area contributed by atoms with Gasteiger partial charge in [-0.1, -0.05) is 13.3 Å². The van der Waals surface area contributed by atoms with Crippen LogP contribution in [0.4, 0.5) is 11.5 Å². The van der Waals surface area contributed by atoms with E-state index >= 15 is 0 Å². The molecule has 0 spiro atoms. The Kier molecular flexibility index (Phi) is 5.25. The van der Waals surface area contributed by atoms with Crippen molar-refractivity contribution in [1.82, 2.24) is 14.7 Å². The lowest BCUT2D eigenvalue weighted by Gasteiger charge is -2.29. The maximum Gasteiger partial charge on any atom is 0.148 e. The summed E-state index contributed by atoms with van der Waals surface area (Å²) in [6, 6.07) is 0.334. The van der Waals surface area contributed by atoms with Crippen LogP contribution in [-0.2, 0) is 18.2 Å². The van der Waals surface area contributed by atoms with Gasteiger partial charge in [-0.2, -0.15) is 5.10 Å². The lowest BCUT2D eigenvalue weighted by molar-refractivity contribution is 0.0368. The van der Waals surface area contributed by atoms with Crippen molar-refractivity contribution < 1.29 is 4.74 Å². The molecule has 1 fully saturated rings. The third kappa shape index (κ3) is 3.64. The predicted octanol–water partition coefficient (Wildman–Crippen LogP) is 1.09. The molecule has 0 saturated carbocycles. The number of aromatic nitrogens is 2. The minimum atomic E-state index is 0.334. The third-order valence-electron chi connectivity index (χ3n) is 3.67. The normalized spacial score (nSPS) is 18.1. The Balaban J connectivity index is 1.94. The Morgan fingerprint density at radius 2 is 2.10 bits per heavy atom. The van der Waals surface area contributed by atoms with Crippen LogP contribution in [0.3, 0.4) is 0 Å². The lowest BCUT2D eigenvalue weighted by Crippen LogP contribution is -2.42. The molecule has 1 aromatic heterocycles. The van der Waals surface area contributed by atoms with Crippen molar-refractivity contribution in [2.24, 2.45) is 7.05 Å². The van der Waals surface area contributed by atoms with Crippen LogP contribution in [0, 0.1) is 0 Å². The molecule has 0 aromatic carbocycles. The van der Waals surface area contributed by atoms with Gasteiger partial charge < -0.3 is 15.8 Å². The molecule has 0 bridgehead atoms. The molecule has 2 heterocycles. The number of nitrogens with zero attached hydrogens (tertiary/aromatic N) is 3. The molecule has 6 nitrogen and oxygen atoms in total. The molecule has 1 aliphatic heterocycles. The van der Waals surface area contributed by atoms with Crippen molar-refractivity contribution in [3.8, 4) is 0 Å². The van der Waals surface area contributed by atoms with E-state index in [0.717, 1.165) is 62.9 Å². The molecule has 2 rings (SSSR count). The summed E-state index contributed by atoms with van der Waals surface area (Å²) in [6.07, 6.45) is 1.99. The van der Waals surface area contributed by atoms with E-state index in [1.165, 1.54) is 0 Å². The van der Waals surface area contributed by atoms with Crippen LogP contribution < -0.4 is 11.1 Å². The molecule has 1 saturated heterocycles. The van der Waals surface area contributed by atoms with Crippen LogP contribution in [0.25, 0.3) is 0 Å². The number of nitrogens with two attached hydrogens (primary N) is 1. The number of hydrogen-bond donors (Lipinski definition) is 2. The van der Waals surface area contributed by atoms with Gasteiger partial charge in [0.2, 0.25) is 0 Å². The fourth-order valence-electron chi connectivity index (χ4n) is 2.64. The van der Waals surface area contributed by atoms with E-state index in [1.54, 1.807) is 0 Å². The summed E-state index contributed by atoms with van der Waals surface area (Å²) >= 11 is 0. The van der Waals surface area contributed by atoms with E-state index < -0.39 is 0 Å². The number of morpholine rings is 1. The quantitative estimate of drug-likeness (QED) is 0.817. The third-order valence-corrected chi connectivity index (χ3v) is 3.67. The van der Waals surface area contributed by atoms with Crippen LogP contribution in [0.15, 0.2) is 0 Å². The SMILES string of the molecule is CCCc1nn(C)c(NC(C)CN2CCOCC2)c1N. The lowest BCUT2D eigenvalue weighted by atomic mass is 10.2. The second-order valence-electron chi connectivity index (χ2n) is 5.54. The van der Waals surface area contributed by atoms with Crippen molar-refractivity contribution in [2.75, 3.05) is 43.9 Å². The van der Waals surface area contributed by atoms with Gasteiger partial charge in [-0.15, -0.1) is 0 Å². The van der Waals surface area contributed by atoms with Gasteiger partial charge in [0.05, 0.1) is 24.6 Å². The number of aryl methyl sites for hydroxylation is 2. The Bertz CT molecular complexity index is 425. The Hall–Kier alpha value is -1.27. The topological polar surface area (TPSA) is 68.3 Å². The van der Waals surface area contributed by atoms with Gasteiger partial charge in [0.1, 0.15) is 5.82 Å². The number of rotatable bonds is 6. The van der Waals surface area contributed by atoms with E-state index in [4.69, 9.17) is 10.5 Å². The van der Waals surface area contributed by atoms with Gasteiger partial charge in [0.15, 0.2) is 0 Å². The highest BCUT2D eigenvalue weighted by Crippen LogP contribution is 2.23. The first-order valence-corrected chi connectivity index (χ1v) is 7.49. The zero-order valence-corrected chi connectivity index (χ0v) is 12.9. The van der Waals surface area contributed by atoms with E-state index in [1.807, 2.05) is 11.7 Å². The molecule has 0 radical (unpaired) electrons. The molecule has 6 heteroatoms. The standard InChI is InChI=1S/C14H27N5O/c1-4-5-12-13(15)14(18(3)17-12)16-11(2)10-19-6-8-20-9-7-19/h11,16H,4-10,15H2,1-3H3. The summed E-state index contributed by atoms with van der Waals surface area (Å²) in [5.41, 5.74) is 7.98. The maximum absolute atomic E-state index is 6.19. The average molecular weight is 281 g/mol. The van der Waals surface area contributed by atoms with Crippen molar-refractivity contribution in [2.45, 2.75) is 32.7 Å². The summed E-state index contributed by atoms with van der Waals surface area (Å²) in [5, 5.41) is 7.99. The molecular weight excluding hydrogens is 254 g/mol. The summed E-state index contributed by atoms with van der Waals surface area (Å²) < 4.78 is 7.23. The monoisotopic (exact) mass is 281 g/mol. The number of nitrogens with one attached hydrogen (secondary N) is 1. The number of ether oxygens (including phenoxy) is 1. The zero-order valence-electron chi connectivity index (χ0n) is 12.9. The van der Waals surface area contributed by atoms with Crippen LogP contribution in [0.2, 0.25) is 0 Å². The minimum absolute atomic E-state index is 0.334. The van der Waals surface area contributed by atoms with Gasteiger partial charge in [0, 0.05) is 32.7 Å². The van der Waals surface area contributed by atoms with Crippen LogP contribution in [0.5, 0.6) is 0 Å². The van der Waals surface area contributed by atoms with Crippen molar-refractivity contribution in [1.29, 1.82) is 0 Å². The van der Waals surface area contributed by atoms with Crippen LogP contribution >= 0.6 is 0 Å². The summed E-state index contributed by atoms with van der Waals surface area (Å²) in [5.74, 6) is 0.939. The Morgan fingerprint density at radius 3 is 2.75 bits per heavy atom. The van der Waals surface area contributed by atoms with Crippen molar-refractivity contribution >= 4 is 11.5 Å². The molecule has 20 heavy (non-hydrogen) atoms. The summed E-state index contributed by atoms with van der Waals surface area (Å²) in [4.78, 5) is 2.42. The first-order chi connectivity index (χ1) is 9.61. The van der Waals surface area contributed by atoms with Crippen LogP contribution in [-0.4, -0.2) is 53.6 Å².